The highest BCUT2D eigenvalue weighted by Gasteiger charge is 2.66. The van der Waals surface area contributed by atoms with E-state index in [0.717, 1.165) is 24.8 Å². The van der Waals surface area contributed by atoms with Crippen LogP contribution in [0, 0.1) is 29.6 Å². The number of aryl methyl sites for hydroxylation is 1. The quantitative estimate of drug-likeness (QED) is 0.338. The lowest BCUT2D eigenvalue weighted by molar-refractivity contribution is -0.175. The van der Waals surface area contributed by atoms with E-state index in [1.54, 1.807) is 18.3 Å². The Balaban J connectivity index is 1.36. The second kappa shape index (κ2) is 11.9. The molecular formula is C34H37N3O8. The Morgan fingerprint density at radius 3 is 2.49 bits per heavy atom. The fourth-order valence-electron chi connectivity index (χ4n) is 8.14. The maximum absolute atomic E-state index is 14.2. The van der Waals surface area contributed by atoms with Crippen molar-refractivity contribution in [3.63, 3.8) is 0 Å². The highest BCUT2D eigenvalue weighted by Crippen LogP contribution is 2.51. The van der Waals surface area contributed by atoms with Gasteiger partial charge in [-0.05, 0) is 60.8 Å². The number of aromatic hydroxyl groups is 1. The molecule has 2 aromatic rings. The van der Waals surface area contributed by atoms with Crippen molar-refractivity contribution in [2.45, 2.75) is 76.4 Å². The maximum Gasteiger partial charge on any atom is 0.253 e. The van der Waals surface area contributed by atoms with Gasteiger partial charge < -0.3 is 21.3 Å². The van der Waals surface area contributed by atoms with Crippen LogP contribution in [-0.4, -0.2) is 55.7 Å². The predicted octanol–water partition coefficient (Wildman–Crippen LogP) is 2.16. The first kappa shape index (κ1) is 30.8. The van der Waals surface area contributed by atoms with Gasteiger partial charge in [0.15, 0.2) is 34.7 Å². The van der Waals surface area contributed by atoms with E-state index in [1.165, 1.54) is 25.5 Å². The number of nitrogens with zero attached hydrogens (tertiary/aromatic N) is 1. The van der Waals surface area contributed by atoms with Crippen LogP contribution in [0.2, 0.25) is 0 Å². The van der Waals surface area contributed by atoms with Crippen LogP contribution >= 0.6 is 0 Å². The molecule has 4 aliphatic carbocycles. The van der Waals surface area contributed by atoms with Gasteiger partial charge in [0.05, 0.1) is 17.0 Å². The van der Waals surface area contributed by atoms with Gasteiger partial charge in [-0.3, -0.25) is 33.8 Å². The van der Waals surface area contributed by atoms with Crippen LogP contribution < -0.4 is 11.1 Å². The number of benzene rings is 1. The second-order valence-electron chi connectivity index (χ2n) is 13.1. The molecule has 1 aromatic carbocycles. The number of ketones is 4. The molecule has 0 bridgehead atoms. The van der Waals surface area contributed by atoms with Gasteiger partial charge in [-0.25, -0.2) is 0 Å². The number of aliphatic hydroxyl groups is 1. The summed E-state index contributed by atoms with van der Waals surface area (Å²) < 4.78 is 0. The summed E-state index contributed by atoms with van der Waals surface area (Å²) in [4.78, 5) is 82.7. The van der Waals surface area contributed by atoms with Crippen molar-refractivity contribution in [2.75, 3.05) is 0 Å². The Hall–Kier alpha value is -4.25. The monoisotopic (exact) mass is 615 g/mol. The molecule has 11 heteroatoms. The number of primary amides is 1. The molecule has 0 spiro atoms. The number of nitrogens with one attached hydrogen (secondary N) is 1. The third-order valence-electron chi connectivity index (χ3n) is 10.5. The summed E-state index contributed by atoms with van der Waals surface area (Å²) in [5.41, 5.74) is 4.66. The number of Topliss-reactive ketones (excluding diaryl/α,β-unsaturated/α-hetero) is 4. The fourth-order valence-corrected chi connectivity index (χ4v) is 8.14. The molecule has 5 N–H and O–H groups in total. The molecule has 0 saturated heterocycles. The number of carbonyl (C=O) groups is 6. The van der Waals surface area contributed by atoms with E-state index >= 15 is 0 Å². The number of nitrogens with two attached hydrogens (primary N) is 1. The molecule has 2 amide bonds. The maximum atomic E-state index is 14.2. The minimum atomic E-state index is -2.70. The topological polar surface area (TPSA) is 194 Å². The SMILES string of the molecule is NC(=O)C1C(=O)C[C@@H]2C[C@@H]3Cc4c(CCC5CCCCC5)cc(CNC(=O)c5cccnc5)c(O)c4C(=O)C3C(=O)[C@]2(O)C1=O. The zero-order valence-corrected chi connectivity index (χ0v) is 24.9. The van der Waals surface area contributed by atoms with E-state index in [2.05, 4.69) is 10.3 Å². The number of carbonyl (C=O) groups excluding carboxylic acids is 6. The molecule has 5 atom stereocenters. The third-order valence-corrected chi connectivity index (χ3v) is 10.5. The molecule has 236 valence electrons. The number of phenolic OH excluding ortho intramolecular Hbond substituents is 1. The molecule has 0 radical (unpaired) electrons. The second-order valence-corrected chi connectivity index (χ2v) is 13.1. The summed E-state index contributed by atoms with van der Waals surface area (Å²) in [6.45, 7) is -0.0918. The van der Waals surface area contributed by atoms with Gasteiger partial charge in [0.2, 0.25) is 5.91 Å². The van der Waals surface area contributed by atoms with Crippen molar-refractivity contribution in [1.29, 1.82) is 0 Å². The van der Waals surface area contributed by atoms with Crippen LogP contribution in [0.5, 0.6) is 5.75 Å². The predicted molar refractivity (Wildman–Crippen MR) is 159 cm³/mol. The van der Waals surface area contributed by atoms with Crippen molar-refractivity contribution in [2.24, 2.45) is 35.3 Å². The number of pyridine rings is 1. The summed E-state index contributed by atoms with van der Waals surface area (Å²) in [5, 5.41) is 25.7. The van der Waals surface area contributed by atoms with Gasteiger partial charge in [-0.1, -0.05) is 38.2 Å². The van der Waals surface area contributed by atoms with E-state index in [1.807, 2.05) is 6.07 Å². The van der Waals surface area contributed by atoms with E-state index in [9.17, 15) is 39.0 Å². The Morgan fingerprint density at radius 1 is 1.04 bits per heavy atom. The summed E-state index contributed by atoms with van der Waals surface area (Å²) in [5.74, 6) is -10.3. The van der Waals surface area contributed by atoms with Gasteiger partial charge in [-0.15, -0.1) is 0 Å². The van der Waals surface area contributed by atoms with E-state index < -0.39 is 64.2 Å². The van der Waals surface area contributed by atoms with Crippen molar-refractivity contribution < 1.29 is 39.0 Å². The number of fused-ring (bicyclic) bond motifs is 3. The summed E-state index contributed by atoms with van der Waals surface area (Å²) in [6.07, 6.45) is 10.2. The summed E-state index contributed by atoms with van der Waals surface area (Å²) in [7, 11) is 0. The molecule has 3 fully saturated rings. The Labute approximate surface area is 260 Å². The largest absolute Gasteiger partial charge is 0.507 e. The molecule has 4 aliphatic rings. The highest BCUT2D eigenvalue weighted by atomic mass is 16.3. The number of amides is 2. The van der Waals surface area contributed by atoms with Gasteiger partial charge >= 0.3 is 0 Å². The van der Waals surface area contributed by atoms with Gasteiger partial charge in [0.1, 0.15) is 5.75 Å². The average Bonchev–Trinajstić information content (AvgIpc) is 3.02. The number of rotatable bonds is 7. The van der Waals surface area contributed by atoms with Crippen molar-refractivity contribution in [1.82, 2.24) is 10.3 Å². The lowest BCUT2D eigenvalue weighted by atomic mass is 9.53. The summed E-state index contributed by atoms with van der Waals surface area (Å²) >= 11 is 0. The minimum absolute atomic E-state index is 0.0378. The Bertz CT molecular complexity index is 1600. The summed E-state index contributed by atoms with van der Waals surface area (Å²) in [6, 6.07) is 5.05. The molecule has 45 heavy (non-hydrogen) atoms. The van der Waals surface area contributed by atoms with Crippen molar-refractivity contribution in [3.8, 4) is 5.75 Å². The van der Waals surface area contributed by atoms with Crippen LogP contribution in [0.3, 0.4) is 0 Å². The molecular weight excluding hydrogens is 578 g/mol. The van der Waals surface area contributed by atoms with E-state index in [4.69, 9.17) is 5.73 Å². The number of hydrogen-bond acceptors (Lipinski definition) is 9. The minimum Gasteiger partial charge on any atom is -0.507 e. The first-order valence-electron chi connectivity index (χ1n) is 15.7. The van der Waals surface area contributed by atoms with Crippen molar-refractivity contribution >= 4 is 34.9 Å². The molecule has 0 aliphatic heterocycles. The van der Waals surface area contributed by atoms with E-state index in [0.29, 0.717) is 29.0 Å². The zero-order valence-electron chi connectivity index (χ0n) is 24.9. The average molecular weight is 616 g/mol. The van der Waals surface area contributed by atoms with Gasteiger partial charge in [0, 0.05) is 36.8 Å². The molecule has 2 unspecified atom stereocenters. The normalized spacial score (nSPS) is 28.2. The standard InChI is InChI=1S/C34H37N3O8/c35-32(43)27-24(38)14-22-12-20-13-23-18(9-8-17-5-2-1-3-6-17)11-21(16-37-33(44)19-7-4-10-36-15-19)28(39)26(23)29(40)25(20)30(41)34(22,45)31(27)42/h4,7,10-11,15,17,20,22,25,27,39,45H,1-3,5-6,8-9,12-14,16H2,(H2,35,43)(H,37,44)/t20-,22+,25?,27?,34+/m1/s1. The van der Waals surface area contributed by atoms with Crippen LogP contribution in [0.15, 0.2) is 30.6 Å². The zero-order chi connectivity index (χ0) is 32.0. The Morgan fingerprint density at radius 2 is 1.80 bits per heavy atom. The number of aromatic nitrogens is 1. The lowest BCUT2D eigenvalue weighted by Crippen LogP contribution is -2.68. The van der Waals surface area contributed by atoms with Crippen LogP contribution in [-0.2, 0) is 38.6 Å². The van der Waals surface area contributed by atoms with Crippen LogP contribution in [0.25, 0.3) is 0 Å². The molecule has 1 aromatic heterocycles. The van der Waals surface area contributed by atoms with Crippen LogP contribution in [0.4, 0.5) is 0 Å². The molecule has 6 rings (SSSR count). The van der Waals surface area contributed by atoms with Gasteiger partial charge in [-0.2, -0.15) is 0 Å². The van der Waals surface area contributed by atoms with Gasteiger partial charge in [0.25, 0.3) is 5.91 Å². The first-order valence-corrected chi connectivity index (χ1v) is 15.7. The number of hydrogen-bond donors (Lipinski definition) is 4. The van der Waals surface area contributed by atoms with E-state index in [-0.39, 0.29) is 37.1 Å². The molecule has 1 heterocycles. The first-order chi connectivity index (χ1) is 21.5. The van der Waals surface area contributed by atoms with Crippen LogP contribution in [0.1, 0.15) is 88.8 Å². The van der Waals surface area contributed by atoms with Crippen molar-refractivity contribution in [3.05, 3.63) is 58.4 Å². The smallest absolute Gasteiger partial charge is 0.253 e. The molecule has 11 nitrogen and oxygen atoms in total. The third kappa shape index (κ3) is 5.26. The Kier molecular flexibility index (Phi) is 8.15. The molecule has 3 saturated carbocycles. The lowest BCUT2D eigenvalue weighted by Gasteiger charge is -2.48. The fraction of sp³-hybridized carbons (Fsp3) is 0.500. The highest BCUT2D eigenvalue weighted by molar-refractivity contribution is 6.31. The number of phenols is 1.